The summed E-state index contributed by atoms with van der Waals surface area (Å²) >= 11 is 1.66. The van der Waals surface area contributed by atoms with Gasteiger partial charge in [-0.1, -0.05) is 13.8 Å². The number of aromatic nitrogens is 1. The number of carbonyl (C=O) groups is 1. The van der Waals surface area contributed by atoms with Gasteiger partial charge in [0.15, 0.2) is 0 Å². The van der Waals surface area contributed by atoms with Crippen LogP contribution in [0.4, 0.5) is 6.01 Å². The standard InChI is InChI=1S/C17H21N3O2S/c1-16(2)10-17(14(21)19-7-12-3-6-23-9-12)11-20(8-13(16)17)15-18-4-5-22-15/h3-6,9,13H,7-8,10-11H2,1-2H3,(H,19,21)/t13-,17+/m1/s1. The SMILES string of the molecule is CC1(C)C[C@]2(C(=O)NCc3ccsc3)CN(c3ncco3)C[C@H]12. The predicted molar refractivity (Wildman–Crippen MR) is 89.2 cm³/mol. The third kappa shape index (κ3) is 2.27. The summed E-state index contributed by atoms with van der Waals surface area (Å²) in [6.45, 7) is 6.63. The Kier molecular flexibility index (Phi) is 3.27. The van der Waals surface area contributed by atoms with Crippen LogP contribution in [0.2, 0.25) is 0 Å². The molecule has 6 heteroatoms. The first-order valence-corrected chi connectivity index (χ1v) is 8.89. The van der Waals surface area contributed by atoms with E-state index in [9.17, 15) is 4.79 Å². The van der Waals surface area contributed by atoms with Gasteiger partial charge in [-0.3, -0.25) is 4.79 Å². The van der Waals surface area contributed by atoms with Gasteiger partial charge >= 0.3 is 0 Å². The normalized spacial score (nSPS) is 28.3. The monoisotopic (exact) mass is 331 g/mol. The van der Waals surface area contributed by atoms with E-state index in [2.05, 4.69) is 40.5 Å². The molecule has 2 aromatic rings. The Hall–Kier alpha value is -1.82. The van der Waals surface area contributed by atoms with Gasteiger partial charge in [-0.25, -0.2) is 4.98 Å². The molecule has 1 saturated heterocycles. The van der Waals surface area contributed by atoms with Gasteiger partial charge in [0.05, 0.1) is 11.6 Å². The maximum Gasteiger partial charge on any atom is 0.297 e. The second kappa shape index (κ2) is 5.09. The number of anilines is 1. The number of rotatable bonds is 4. The van der Waals surface area contributed by atoms with Crippen molar-refractivity contribution in [3.8, 4) is 0 Å². The van der Waals surface area contributed by atoms with Crippen LogP contribution >= 0.6 is 11.3 Å². The lowest BCUT2D eigenvalue weighted by atomic mass is 9.47. The molecule has 3 heterocycles. The van der Waals surface area contributed by atoms with Crippen LogP contribution in [0.15, 0.2) is 33.7 Å². The summed E-state index contributed by atoms with van der Waals surface area (Å²) in [6, 6.07) is 2.68. The molecule has 1 aliphatic heterocycles. The molecule has 122 valence electrons. The summed E-state index contributed by atoms with van der Waals surface area (Å²) in [5, 5.41) is 7.26. The van der Waals surface area contributed by atoms with E-state index in [1.807, 2.05) is 5.38 Å². The van der Waals surface area contributed by atoms with Gasteiger partial charge in [0, 0.05) is 19.6 Å². The van der Waals surface area contributed by atoms with Crippen molar-refractivity contribution in [3.63, 3.8) is 0 Å². The molecule has 0 unspecified atom stereocenters. The van der Waals surface area contributed by atoms with Crippen molar-refractivity contribution in [1.29, 1.82) is 0 Å². The molecule has 0 aromatic carbocycles. The first-order chi connectivity index (χ1) is 11.0. The van der Waals surface area contributed by atoms with Crippen LogP contribution in [-0.4, -0.2) is 24.0 Å². The number of nitrogens with one attached hydrogen (secondary N) is 1. The topological polar surface area (TPSA) is 58.4 Å². The lowest BCUT2D eigenvalue weighted by molar-refractivity contribution is -0.152. The van der Waals surface area contributed by atoms with Crippen molar-refractivity contribution < 1.29 is 9.21 Å². The summed E-state index contributed by atoms with van der Waals surface area (Å²) in [5.74, 6) is 0.506. The van der Waals surface area contributed by atoms with E-state index in [0.29, 0.717) is 25.0 Å². The van der Waals surface area contributed by atoms with Crippen LogP contribution in [0.5, 0.6) is 0 Å². The number of hydrogen-bond donors (Lipinski definition) is 1. The van der Waals surface area contributed by atoms with Gasteiger partial charge in [0.1, 0.15) is 6.26 Å². The highest BCUT2D eigenvalue weighted by Crippen LogP contribution is 2.63. The second-order valence-electron chi connectivity index (χ2n) is 7.38. The van der Waals surface area contributed by atoms with Crippen LogP contribution in [0, 0.1) is 16.7 Å². The van der Waals surface area contributed by atoms with Crippen molar-refractivity contribution in [3.05, 3.63) is 34.8 Å². The van der Waals surface area contributed by atoms with Crippen LogP contribution in [-0.2, 0) is 11.3 Å². The molecule has 1 saturated carbocycles. The van der Waals surface area contributed by atoms with Gasteiger partial charge in [0.2, 0.25) is 5.91 Å². The Morgan fingerprint density at radius 1 is 1.57 bits per heavy atom. The molecule has 0 radical (unpaired) electrons. The van der Waals surface area contributed by atoms with E-state index in [1.54, 1.807) is 23.8 Å². The van der Waals surface area contributed by atoms with Crippen molar-refractivity contribution in [2.75, 3.05) is 18.0 Å². The third-order valence-electron chi connectivity index (χ3n) is 5.43. The summed E-state index contributed by atoms with van der Waals surface area (Å²) in [5.41, 5.74) is 1.03. The Morgan fingerprint density at radius 3 is 3.09 bits per heavy atom. The number of thiophene rings is 1. The van der Waals surface area contributed by atoms with Gasteiger partial charge < -0.3 is 14.6 Å². The van der Waals surface area contributed by atoms with Crippen LogP contribution in [0.25, 0.3) is 0 Å². The highest BCUT2D eigenvalue weighted by Gasteiger charge is 2.67. The number of carbonyl (C=O) groups excluding carboxylic acids is 1. The van der Waals surface area contributed by atoms with E-state index in [0.717, 1.165) is 18.5 Å². The van der Waals surface area contributed by atoms with E-state index in [4.69, 9.17) is 4.42 Å². The molecular weight excluding hydrogens is 310 g/mol. The third-order valence-corrected chi connectivity index (χ3v) is 6.16. The molecular formula is C17H21N3O2S. The van der Waals surface area contributed by atoms with Gasteiger partial charge in [-0.15, -0.1) is 0 Å². The Morgan fingerprint density at radius 2 is 2.43 bits per heavy atom. The zero-order chi connectivity index (χ0) is 16.1. The molecule has 2 atom stereocenters. The summed E-state index contributed by atoms with van der Waals surface area (Å²) in [7, 11) is 0. The highest BCUT2D eigenvalue weighted by atomic mass is 32.1. The zero-order valence-corrected chi connectivity index (χ0v) is 14.2. The van der Waals surface area contributed by atoms with Gasteiger partial charge in [-0.2, -0.15) is 11.3 Å². The lowest BCUT2D eigenvalue weighted by Gasteiger charge is -2.55. The predicted octanol–water partition coefficient (Wildman–Crippen LogP) is 2.91. The molecule has 0 spiro atoms. The average Bonchev–Trinajstić information content (AvgIpc) is 3.23. The van der Waals surface area contributed by atoms with Crippen LogP contribution in [0.3, 0.4) is 0 Å². The lowest BCUT2D eigenvalue weighted by Crippen LogP contribution is -2.60. The zero-order valence-electron chi connectivity index (χ0n) is 13.4. The fourth-order valence-electron chi connectivity index (χ4n) is 4.47. The minimum atomic E-state index is -0.312. The van der Waals surface area contributed by atoms with Crippen LogP contribution in [0.1, 0.15) is 25.8 Å². The molecule has 5 nitrogen and oxygen atoms in total. The minimum Gasteiger partial charge on any atom is -0.432 e. The summed E-state index contributed by atoms with van der Waals surface area (Å²) in [6.07, 6.45) is 4.16. The molecule has 2 aromatic heterocycles. The first-order valence-electron chi connectivity index (χ1n) is 7.95. The largest absolute Gasteiger partial charge is 0.432 e. The fourth-order valence-corrected chi connectivity index (χ4v) is 5.14. The minimum absolute atomic E-state index is 0.169. The van der Waals surface area contributed by atoms with E-state index in [-0.39, 0.29) is 16.7 Å². The quantitative estimate of drug-likeness (QED) is 0.936. The number of nitrogens with zero attached hydrogens (tertiary/aromatic N) is 2. The number of hydrogen-bond acceptors (Lipinski definition) is 5. The van der Waals surface area contributed by atoms with Crippen molar-refractivity contribution in [1.82, 2.24) is 10.3 Å². The Balaban J connectivity index is 1.52. The summed E-state index contributed by atoms with van der Waals surface area (Å²) < 4.78 is 5.44. The second-order valence-corrected chi connectivity index (χ2v) is 8.16. The van der Waals surface area contributed by atoms with E-state index >= 15 is 0 Å². The molecule has 4 rings (SSSR count). The average molecular weight is 331 g/mol. The van der Waals surface area contributed by atoms with Crippen LogP contribution < -0.4 is 10.2 Å². The Bertz CT molecular complexity index is 696. The van der Waals surface area contributed by atoms with E-state index in [1.165, 1.54) is 0 Å². The van der Waals surface area contributed by atoms with E-state index < -0.39 is 0 Å². The number of oxazole rings is 1. The Labute approximate surface area is 139 Å². The van der Waals surface area contributed by atoms with Crippen molar-refractivity contribution in [2.45, 2.75) is 26.8 Å². The first kappa shape index (κ1) is 14.8. The molecule has 2 fully saturated rings. The smallest absolute Gasteiger partial charge is 0.297 e. The molecule has 23 heavy (non-hydrogen) atoms. The summed E-state index contributed by atoms with van der Waals surface area (Å²) in [4.78, 5) is 19.3. The number of amides is 1. The maximum atomic E-state index is 12.9. The van der Waals surface area contributed by atoms with Crippen molar-refractivity contribution >= 4 is 23.3 Å². The number of fused-ring (bicyclic) bond motifs is 1. The molecule has 1 aliphatic carbocycles. The molecule has 1 N–H and O–H groups in total. The molecule has 2 aliphatic rings. The fraction of sp³-hybridized carbons (Fsp3) is 0.529. The van der Waals surface area contributed by atoms with Crippen molar-refractivity contribution in [2.24, 2.45) is 16.7 Å². The molecule has 0 bridgehead atoms. The maximum absolute atomic E-state index is 12.9. The van der Waals surface area contributed by atoms with Gasteiger partial charge in [0.25, 0.3) is 6.01 Å². The van der Waals surface area contributed by atoms with Gasteiger partial charge in [-0.05, 0) is 40.1 Å². The highest BCUT2D eigenvalue weighted by molar-refractivity contribution is 7.07. The molecule has 1 amide bonds.